The molecule has 146 valence electrons. The van der Waals surface area contributed by atoms with Gasteiger partial charge in [0.05, 0.1) is 38.8 Å². The Balaban J connectivity index is 2.03. The van der Waals surface area contributed by atoms with Gasteiger partial charge in [0.1, 0.15) is 5.75 Å². The molecule has 1 aromatic carbocycles. The second-order valence-electron chi connectivity index (χ2n) is 6.95. The monoisotopic (exact) mass is 400 g/mol. The van der Waals surface area contributed by atoms with Crippen molar-refractivity contribution in [3.05, 3.63) is 24.3 Å². The van der Waals surface area contributed by atoms with Crippen LogP contribution in [0.3, 0.4) is 0 Å². The number of ether oxygens (including phenoxy) is 1. The minimum atomic E-state index is -2.95. The highest BCUT2D eigenvalue weighted by Gasteiger charge is 2.33. The van der Waals surface area contributed by atoms with Crippen LogP contribution in [0.5, 0.6) is 5.75 Å². The predicted octanol–water partition coefficient (Wildman–Crippen LogP) is 0.806. The number of hydrogen-bond acceptors (Lipinski definition) is 4. The summed E-state index contributed by atoms with van der Waals surface area (Å²) < 4.78 is 29.3. The van der Waals surface area contributed by atoms with Crippen molar-refractivity contribution in [1.82, 2.24) is 4.90 Å². The minimum Gasteiger partial charge on any atom is -0.494 e. The lowest BCUT2D eigenvalue weighted by atomic mass is 10.2. The molecule has 6 nitrogen and oxygen atoms in total. The highest BCUT2D eigenvalue weighted by molar-refractivity contribution is 7.91. The van der Waals surface area contributed by atoms with Crippen molar-refractivity contribution < 1.29 is 18.1 Å². The first-order valence-electron chi connectivity index (χ1n) is 9.10. The lowest BCUT2D eigenvalue weighted by molar-refractivity contribution is -0.858. The molecule has 0 radical (unpaired) electrons. The maximum atomic E-state index is 11.9. The van der Waals surface area contributed by atoms with Crippen LogP contribution in [-0.4, -0.2) is 69.8 Å². The molecule has 0 aliphatic carbocycles. The molecule has 8 heteroatoms. The highest BCUT2D eigenvalue weighted by Crippen LogP contribution is 2.21. The van der Waals surface area contributed by atoms with Crippen LogP contribution in [0, 0.1) is 0 Å². The third-order valence-corrected chi connectivity index (χ3v) is 6.49. The summed E-state index contributed by atoms with van der Waals surface area (Å²) in [4.78, 5) is 3.42. The molecule has 26 heavy (non-hydrogen) atoms. The average Bonchev–Trinajstić information content (AvgIpc) is 2.93. The van der Waals surface area contributed by atoms with Crippen molar-refractivity contribution in [1.29, 1.82) is 0 Å². The normalized spacial score (nSPS) is 18.7. The molecule has 2 N–H and O–H groups in total. The summed E-state index contributed by atoms with van der Waals surface area (Å²) in [6.07, 6.45) is 1.60. The minimum absolute atomic E-state index is 0.0418. The van der Waals surface area contributed by atoms with E-state index in [1.807, 2.05) is 31.2 Å². The lowest BCUT2D eigenvalue weighted by Gasteiger charge is -2.31. The van der Waals surface area contributed by atoms with Crippen LogP contribution in [0.1, 0.15) is 19.8 Å². The van der Waals surface area contributed by atoms with Gasteiger partial charge in [-0.2, -0.15) is 0 Å². The molecule has 1 aliphatic rings. The quantitative estimate of drug-likeness (QED) is 0.630. The molecule has 1 heterocycles. The molecule has 0 amide bonds. The number of anilines is 1. The van der Waals surface area contributed by atoms with Crippen molar-refractivity contribution >= 4 is 32.9 Å². The van der Waals surface area contributed by atoms with Gasteiger partial charge in [0.2, 0.25) is 0 Å². The van der Waals surface area contributed by atoms with E-state index in [-0.39, 0.29) is 17.5 Å². The zero-order valence-corrected chi connectivity index (χ0v) is 17.5. The van der Waals surface area contributed by atoms with Gasteiger partial charge in [-0.25, -0.2) is 8.42 Å². The van der Waals surface area contributed by atoms with Gasteiger partial charge < -0.3 is 19.9 Å². The molecule has 1 saturated heterocycles. The summed E-state index contributed by atoms with van der Waals surface area (Å²) in [5.74, 6) is 1.25. The Morgan fingerprint density at radius 3 is 2.58 bits per heavy atom. The Kier molecular flexibility index (Phi) is 7.67. The number of nitrogens with one attached hydrogen (secondary N) is 2. The predicted molar refractivity (Wildman–Crippen MR) is 110 cm³/mol. The summed E-state index contributed by atoms with van der Waals surface area (Å²) in [7, 11) is 1.27. The van der Waals surface area contributed by atoms with Crippen LogP contribution < -0.4 is 15.0 Å². The van der Waals surface area contributed by atoms with E-state index in [1.165, 1.54) is 4.90 Å². The van der Waals surface area contributed by atoms with Crippen molar-refractivity contribution in [2.45, 2.75) is 25.8 Å². The fourth-order valence-electron chi connectivity index (χ4n) is 3.07. The first kappa shape index (κ1) is 20.9. The Bertz CT molecular complexity index is 690. The van der Waals surface area contributed by atoms with E-state index in [2.05, 4.69) is 24.3 Å². The van der Waals surface area contributed by atoms with Crippen LogP contribution in [0.25, 0.3) is 0 Å². The highest BCUT2D eigenvalue weighted by atomic mass is 32.2. The molecule has 2 rings (SSSR count). The van der Waals surface area contributed by atoms with Crippen LogP contribution in [0.4, 0.5) is 5.69 Å². The molecule has 0 spiro atoms. The van der Waals surface area contributed by atoms with Gasteiger partial charge in [0, 0.05) is 24.7 Å². The van der Waals surface area contributed by atoms with Crippen LogP contribution in [0.2, 0.25) is 0 Å². The molecule has 1 atom stereocenters. The smallest absolute Gasteiger partial charge is 0.173 e. The first-order chi connectivity index (χ1) is 12.3. The third-order valence-electron chi connectivity index (χ3n) is 4.40. The van der Waals surface area contributed by atoms with E-state index < -0.39 is 9.84 Å². The third kappa shape index (κ3) is 6.41. The number of thiocarbonyl (C=S) groups is 1. The number of nitrogens with zero attached hydrogens (tertiary/aromatic N) is 1. The molecule has 1 fully saturated rings. The van der Waals surface area contributed by atoms with Crippen molar-refractivity contribution in [3.8, 4) is 5.75 Å². The second-order valence-corrected chi connectivity index (χ2v) is 9.56. The summed E-state index contributed by atoms with van der Waals surface area (Å²) >= 11 is 5.61. The fourth-order valence-corrected chi connectivity index (χ4v) is 5.16. The molecule has 1 aliphatic heterocycles. The summed E-state index contributed by atoms with van der Waals surface area (Å²) in [5, 5.41) is 3.84. The zero-order valence-electron chi connectivity index (χ0n) is 15.8. The number of hydrogen-bond donors (Lipinski definition) is 2. The Morgan fingerprint density at radius 1 is 1.35 bits per heavy atom. The maximum absolute atomic E-state index is 11.9. The first-order valence-corrected chi connectivity index (χ1v) is 11.3. The molecular formula is C18H30N3O3S2+. The van der Waals surface area contributed by atoms with E-state index in [9.17, 15) is 8.42 Å². The van der Waals surface area contributed by atoms with Gasteiger partial charge in [-0.05, 0) is 49.8 Å². The van der Waals surface area contributed by atoms with Gasteiger partial charge in [0.25, 0.3) is 0 Å². The zero-order chi connectivity index (χ0) is 19.2. The SMILES string of the molecule is CCOc1ccc(NC(=S)N(CCC[NH+](C)C)[C@@H]2CCS(=O)(=O)C2)cc1. The number of quaternary nitrogens is 1. The molecular weight excluding hydrogens is 370 g/mol. The second kappa shape index (κ2) is 9.53. The number of rotatable bonds is 8. The van der Waals surface area contributed by atoms with E-state index in [1.54, 1.807) is 0 Å². The molecule has 1 aromatic rings. The van der Waals surface area contributed by atoms with E-state index in [0.29, 0.717) is 18.1 Å². The average molecular weight is 401 g/mol. The molecule has 0 unspecified atom stereocenters. The summed E-state index contributed by atoms with van der Waals surface area (Å²) in [6.45, 7) is 4.35. The van der Waals surface area contributed by atoms with Crippen molar-refractivity contribution in [2.75, 3.05) is 50.6 Å². The number of sulfone groups is 1. The fraction of sp³-hybridized carbons (Fsp3) is 0.611. The largest absolute Gasteiger partial charge is 0.494 e. The molecule has 0 saturated carbocycles. The Morgan fingerprint density at radius 2 is 2.04 bits per heavy atom. The van der Waals surface area contributed by atoms with Crippen LogP contribution >= 0.6 is 12.2 Å². The maximum Gasteiger partial charge on any atom is 0.173 e. The summed E-state index contributed by atoms with van der Waals surface area (Å²) in [5.41, 5.74) is 0.877. The summed E-state index contributed by atoms with van der Waals surface area (Å²) in [6, 6.07) is 7.60. The molecule has 0 aromatic heterocycles. The van der Waals surface area contributed by atoms with E-state index in [0.717, 1.165) is 30.9 Å². The Labute approximate surface area is 162 Å². The Hall–Kier alpha value is -1.38. The van der Waals surface area contributed by atoms with Crippen molar-refractivity contribution in [2.24, 2.45) is 0 Å². The van der Waals surface area contributed by atoms with Gasteiger partial charge in [-0.1, -0.05) is 0 Å². The van der Waals surface area contributed by atoms with Gasteiger partial charge in [-0.15, -0.1) is 0 Å². The van der Waals surface area contributed by atoms with Crippen LogP contribution in [0.15, 0.2) is 24.3 Å². The van der Waals surface area contributed by atoms with Gasteiger partial charge in [-0.3, -0.25) is 0 Å². The molecule has 0 bridgehead atoms. The standard InChI is InChI=1S/C18H29N3O3S2/c1-4-24-17-8-6-15(7-9-17)19-18(25)21(12-5-11-20(2)3)16-10-13-26(22,23)14-16/h6-9,16H,4-5,10-14H2,1-3H3,(H,19,25)/p+1/t16-/m1/s1. The van der Waals surface area contributed by atoms with E-state index in [4.69, 9.17) is 17.0 Å². The van der Waals surface area contributed by atoms with Gasteiger partial charge in [0.15, 0.2) is 14.9 Å². The number of benzene rings is 1. The van der Waals surface area contributed by atoms with Gasteiger partial charge >= 0.3 is 0 Å². The topological polar surface area (TPSA) is 63.1 Å². The lowest BCUT2D eigenvalue weighted by Crippen LogP contribution is -3.05. The van der Waals surface area contributed by atoms with Crippen LogP contribution in [-0.2, 0) is 9.84 Å². The van der Waals surface area contributed by atoms with Crippen molar-refractivity contribution in [3.63, 3.8) is 0 Å². The van der Waals surface area contributed by atoms with E-state index >= 15 is 0 Å².